The van der Waals surface area contributed by atoms with Crippen LogP contribution in [0.15, 0.2) is 11.2 Å². The number of hydrogen-bond acceptors (Lipinski definition) is 8. The summed E-state index contributed by atoms with van der Waals surface area (Å²) in [5.41, 5.74) is 0. The standard InChI is InChI=1S/C24H35ClN6O4S/c1-3-35-24(34)29-10-8-28(9-11-29)21(32)16-36-23-26-19(25)14-20(27-23)30-12-13-31(17(2)15-30)22(33)18-6-4-5-7-18/h14,17-18H,3-13,15-16H2,1-2H3. The number of carbonyl (C=O) groups is 3. The molecule has 0 spiro atoms. The van der Waals surface area contributed by atoms with Gasteiger partial charge in [-0.05, 0) is 26.7 Å². The number of anilines is 1. The van der Waals surface area contributed by atoms with Gasteiger partial charge in [-0.25, -0.2) is 14.8 Å². The molecule has 12 heteroatoms. The Bertz CT molecular complexity index is 955. The summed E-state index contributed by atoms with van der Waals surface area (Å²) in [4.78, 5) is 54.0. The molecule has 3 fully saturated rings. The smallest absolute Gasteiger partial charge is 0.409 e. The van der Waals surface area contributed by atoms with E-state index in [4.69, 9.17) is 16.3 Å². The van der Waals surface area contributed by atoms with E-state index in [0.29, 0.717) is 74.5 Å². The van der Waals surface area contributed by atoms with Crippen molar-refractivity contribution in [3.8, 4) is 0 Å². The number of piperazine rings is 2. The highest BCUT2D eigenvalue weighted by Crippen LogP contribution is 2.29. The first-order valence-electron chi connectivity index (χ1n) is 12.8. The summed E-state index contributed by atoms with van der Waals surface area (Å²) >= 11 is 7.56. The predicted octanol–water partition coefficient (Wildman–Crippen LogP) is 2.75. The lowest BCUT2D eigenvalue weighted by Gasteiger charge is -2.41. The van der Waals surface area contributed by atoms with Gasteiger partial charge in [0, 0.05) is 63.8 Å². The maximum atomic E-state index is 12.9. The molecule has 3 heterocycles. The summed E-state index contributed by atoms with van der Waals surface area (Å²) in [7, 11) is 0. The molecule has 0 bridgehead atoms. The molecule has 4 rings (SSSR count). The average Bonchev–Trinajstić information content (AvgIpc) is 3.42. The van der Waals surface area contributed by atoms with Crippen molar-refractivity contribution in [1.29, 1.82) is 0 Å². The second-order valence-electron chi connectivity index (χ2n) is 9.49. The lowest BCUT2D eigenvalue weighted by molar-refractivity contribution is -0.137. The molecule has 1 atom stereocenters. The fourth-order valence-electron chi connectivity index (χ4n) is 5.08. The van der Waals surface area contributed by atoms with E-state index in [9.17, 15) is 14.4 Å². The molecule has 2 aliphatic heterocycles. The molecule has 198 valence electrons. The molecular weight excluding hydrogens is 504 g/mol. The molecule has 1 aromatic heterocycles. The minimum atomic E-state index is -0.336. The van der Waals surface area contributed by atoms with Crippen LogP contribution in [0.4, 0.5) is 10.6 Å². The van der Waals surface area contributed by atoms with Crippen LogP contribution in [0.3, 0.4) is 0 Å². The number of nitrogens with zero attached hydrogens (tertiary/aromatic N) is 6. The van der Waals surface area contributed by atoms with Gasteiger partial charge >= 0.3 is 6.09 Å². The van der Waals surface area contributed by atoms with E-state index in [2.05, 4.69) is 21.8 Å². The fourth-order valence-corrected chi connectivity index (χ4v) is 6.07. The van der Waals surface area contributed by atoms with Crippen LogP contribution >= 0.6 is 23.4 Å². The Morgan fingerprint density at radius 1 is 1.06 bits per heavy atom. The Kier molecular flexibility index (Phi) is 9.16. The monoisotopic (exact) mass is 538 g/mol. The fraction of sp³-hybridized carbons (Fsp3) is 0.708. The number of ether oxygens (including phenoxy) is 1. The van der Waals surface area contributed by atoms with Crippen LogP contribution in [0.2, 0.25) is 5.15 Å². The number of rotatable bonds is 6. The molecule has 1 saturated carbocycles. The Balaban J connectivity index is 1.29. The topological polar surface area (TPSA) is 99.2 Å². The highest BCUT2D eigenvalue weighted by Gasteiger charge is 2.33. The summed E-state index contributed by atoms with van der Waals surface area (Å²) in [6.45, 7) is 8.09. The number of thioether (sulfide) groups is 1. The molecule has 0 aromatic carbocycles. The van der Waals surface area contributed by atoms with Gasteiger partial charge in [0.25, 0.3) is 0 Å². The Labute approximate surface area is 221 Å². The molecule has 3 aliphatic rings. The lowest BCUT2D eigenvalue weighted by Crippen LogP contribution is -2.55. The van der Waals surface area contributed by atoms with Crippen LogP contribution in [-0.2, 0) is 14.3 Å². The second-order valence-corrected chi connectivity index (χ2v) is 10.8. The molecule has 1 aromatic rings. The molecule has 3 amide bonds. The van der Waals surface area contributed by atoms with Gasteiger partial charge in [-0.3, -0.25) is 9.59 Å². The maximum Gasteiger partial charge on any atom is 0.409 e. The van der Waals surface area contributed by atoms with Gasteiger partial charge < -0.3 is 24.3 Å². The van der Waals surface area contributed by atoms with E-state index in [1.807, 2.05) is 4.90 Å². The molecule has 2 saturated heterocycles. The van der Waals surface area contributed by atoms with Gasteiger partial charge in [0.15, 0.2) is 5.16 Å². The quantitative estimate of drug-likeness (QED) is 0.310. The molecule has 10 nitrogen and oxygen atoms in total. The van der Waals surface area contributed by atoms with Crippen LogP contribution in [0.1, 0.15) is 39.5 Å². The highest BCUT2D eigenvalue weighted by atomic mass is 35.5. The predicted molar refractivity (Wildman–Crippen MR) is 138 cm³/mol. The summed E-state index contributed by atoms with van der Waals surface area (Å²) in [6, 6.07) is 1.83. The van der Waals surface area contributed by atoms with Crippen LogP contribution < -0.4 is 4.90 Å². The van der Waals surface area contributed by atoms with Gasteiger partial charge in [-0.1, -0.05) is 36.2 Å². The van der Waals surface area contributed by atoms with E-state index < -0.39 is 0 Å². The minimum Gasteiger partial charge on any atom is -0.450 e. The molecule has 0 radical (unpaired) electrons. The number of carbonyl (C=O) groups excluding carboxylic acids is 3. The van der Waals surface area contributed by atoms with Gasteiger partial charge in [0.1, 0.15) is 11.0 Å². The van der Waals surface area contributed by atoms with Gasteiger partial charge in [0.2, 0.25) is 11.8 Å². The largest absolute Gasteiger partial charge is 0.450 e. The third-order valence-electron chi connectivity index (χ3n) is 7.08. The van der Waals surface area contributed by atoms with Crippen molar-refractivity contribution < 1.29 is 19.1 Å². The SMILES string of the molecule is CCOC(=O)N1CCN(C(=O)CSc2nc(Cl)cc(N3CCN(C(=O)C4CCCC4)C(C)C3)n2)CC1. The van der Waals surface area contributed by atoms with E-state index in [1.165, 1.54) is 11.8 Å². The summed E-state index contributed by atoms with van der Waals surface area (Å²) in [6.07, 6.45) is 3.98. The first-order valence-corrected chi connectivity index (χ1v) is 14.1. The van der Waals surface area contributed by atoms with Crippen molar-refractivity contribution in [3.63, 3.8) is 0 Å². The van der Waals surface area contributed by atoms with Crippen LogP contribution in [0.5, 0.6) is 0 Å². The zero-order valence-electron chi connectivity index (χ0n) is 21.0. The minimum absolute atomic E-state index is 0.0266. The van der Waals surface area contributed by atoms with Gasteiger partial charge in [-0.2, -0.15) is 0 Å². The number of halogens is 1. The summed E-state index contributed by atoms with van der Waals surface area (Å²) < 4.78 is 5.03. The Hall–Kier alpha value is -2.27. The maximum absolute atomic E-state index is 12.9. The van der Waals surface area contributed by atoms with E-state index in [-0.39, 0.29) is 29.7 Å². The van der Waals surface area contributed by atoms with Crippen LogP contribution in [-0.4, -0.2) is 107 Å². The first-order chi connectivity index (χ1) is 17.4. The second kappa shape index (κ2) is 12.3. The van der Waals surface area contributed by atoms with E-state index >= 15 is 0 Å². The van der Waals surface area contributed by atoms with Crippen molar-refractivity contribution in [3.05, 3.63) is 11.2 Å². The molecular formula is C24H35ClN6O4S. The van der Waals surface area contributed by atoms with Crippen molar-refractivity contribution in [2.45, 2.75) is 50.7 Å². The van der Waals surface area contributed by atoms with Crippen LogP contribution in [0, 0.1) is 5.92 Å². The van der Waals surface area contributed by atoms with Crippen LogP contribution in [0.25, 0.3) is 0 Å². The Morgan fingerprint density at radius 3 is 2.42 bits per heavy atom. The van der Waals surface area contributed by atoms with Gasteiger partial charge in [-0.15, -0.1) is 0 Å². The average molecular weight is 539 g/mol. The Morgan fingerprint density at radius 2 is 1.75 bits per heavy atom. The molecule has 1 unspecified atom stereocenters. The first kappa shape index (κ1) is 26.8. The zero-order valence-corrected chi connectivity index (χ0v) is 22.6. The van der Waals surface area contributed by atoms with E-state index in [1.54, 1.807) is 22.8 Å². The van der Waals surface area contributed by atoms with Crippen molar-refractivity contribution in [1.82, 2.24) is 24.7 Å². The number of amides is 3. The van der Waals surface area contributed by atoms with Crippen molar-refractivity contribution in [2.24, 2.45) is 5.92 Å². The summed E-state index contributed by atoms with van der Waals surface area (Å²) in [5, 5.41) is 0.781. The number of hydrogen-bond donors (Lipinski definition) is 0. The van der Waals surface area contributed by atoms with Crippen molar-refractivity contribution in [2.75, 3.05) is 63.1 Å². The van der Waals surface area contributed by atoms with Crippen molar-refractivity contribution >= 4 is 47.1 Å². The number of aromatic nitrogens is 2. The van der Waals surface area contributed by atoms with Gasteiger partial charge in [0.05, 0.1) is 12.4 Å². The normalized spacial score (nSPS) is 21.1. The zero-order chi connectivity index (χ0) is 25.7. The molecule has 0 N–H and O–H groups in total. The molecule has 1 aliphatic carbocycles. The lowest BCUT2D eigenvalue weighted by atomic mass is 10.0. The van der Waals surface area contributed by atoms with E-state index in [0.717, 1.165) is 25.7 Å². The third-order valence-corrected chi connectivity index (χ3v) is 8.11. The third kappa shape index (κ3) is 6.53. The molecule has 36 heavy (non-hydrogen) atoms. The summed E-state index contributed by atoms with van der Waals surface area (Å²) in [5.74, 6) is 1.35. The highest BCUT2D eigenvalue weighted by molar-refractivity contribution is 7.99.